The number of carbonyl (C=O) groups excluding carboxylic acids is 1. The van der Waals surface area contributed by atoms with Gasteiger partial charge in [-0.3, -0.25) is 4.79 Å². The third-order valence-electron chi connectivity index (χ3n) is 2.30. The second-order valence-corrected chi connectivity index (χ2v) is 3.97. The molecule has 0 aliphatic carbocycles. The largest absolute Gasteiger partial charge is 0.452 e. The predicted octanol–water partition coefficient (Wildman–Crippen LogP) is 1.61. The van der Waals surface area contributed by atoms with Crippen LogP contribution < -0.4 is 5.32 Å². The summed E-state index contributed by atoms with van der Waals surface area (Å²) in [4.78, 5) is 13.6. The molecule has 0 aliphatic heterocycles. The van der Waals surface area contributed by atoms with E-state index in [1.165, 1.54) is 6.26 Å². The molecule has 0 radical (unpaired) electrons. The van der Waals surface area contributed by atoms with E-state index in [1.807, 2.05) is 25.9 Å². The number of halogens is 1. The lowest BCUT2D eigenvalue weighted by Crippen LogP contribution is -2.38. The summed E-state index contributed by atoms with van der Waals surface area (Å²) >= 11 is 5.67. The van der Waals surface area contributed by atoms with Gasteiger partial charge in [-0.05, 0) is 38.7 Å². The van der Waals surface area contributed by atoms with E-state index < -0.39 is 0 Å². The zero-order chi connectivity index (χ0) is 11.4. The van der Waals surface area contributed by atoms with Crippen LogP contribution in [0.4, 0.5) is 0 Å². The lowest BCUT2D eigenvalue weighted by atomic mass is 10.3. The maximum Gasteiger partial charge on any atom is 0.256 e. The fourth-order valence-corrected chi connectivity index (χ4v) is 1.17. The summed E-state index contributed by atoms with van der Waals surface area (Å²) in [6, 6.07) is 1.83. The highest BCUT2D eigenvalue weighted by atomic mass is 35.5. The van der Waals surface area contributed by atoms with Crippen molar-refractivity contribution < 1.29 is 9.21 Å². The van der Waals surface area contributed by atoms with Gasteiger partial charge in [0, 0.05) is 12.6 Å². The number of amides is 1. The Kier molecular flexibility index (Phi) is 4.17. The molecular weight excluding hydrogens is 216 g/mol. The maximum absolute atomic E-state index is 11.6. The molecule has 15 heavy (non-hydrogen) atoms. The minimum absolute atomic E-state index is 0.130. The van der Waals surface area contributed by atoms with Crippen LogP contribution in [0.1, 0.15) is 17.3 Å². The van der Waals surface area contributed by atoms with E-state index in [9.17, 15) is 4.79 Å². The average Bonchev–Trinajstić information content (AvgIpc) is 2.60. The summed E-state index contributed by atoms with van der Waals surface area (Å²) in [5.74, 6) is -0.206. The van der Waals surface area contributed by atoms with Crippen molar-refractivity contribution in [2.45, 2.75) is 13.0 Å². The first-order chi connectivity index (χ1) is 7.02. The molecular formula is C10H15ClN2O2. The predicted molar refractivity (Wildman–Crippen MR) is 59.2 cm³/mol. The van der Waals surface area contributed by atoms with Gasteiger partial charge in [0.2, 0.25) is 5.22 Å². The van der Waals surface area contributed by atoms with E-state index in [2.05, 4.69) is 5.32 Å². The zero-order valence-corrected chi connectivity index (χ0v) is 9.84. The SMILES string of the molecule is CC(CNC(=O)c1ccoc1Cl)N(C)C. The molecule has 1 amide bonds. The summed E-state index contributed by atoms with van der Waals surface area (Å²) in [7, 11) is 3.92. The van der Waals surface area contributed by atoms with Gasteiger partial charge in [-0.25, -0.2) is 0 Å². The van der Waals surface area contributed by atoms with Crippen molar-refractivity contribution in [2.75, 3.05) is 20.6 Å². The number of likely N-dealkylation sites (N-methyl/N-ethyl adjacent to an activating group) is 1. The van der Waals surface area contributed by atoms with Gasteiger partial charge in [0.25, 0.3) is 5.91 Å². The van der Waals surface area contributed by atoms with Gasteiger partial charge in [0.05, 0.1) is 11.8 Å². The Morgan fingerprint density at radius 3 is 2.80 bits per heavy atom. The fraction of sp³-hybridized carbons (Fsp3) is 0.500. The molecule has 0 aromatic carbocycles. The first-order valence-electron chi connectivity index (χ1n) is 4.70. The topological polar surface area (TPSA) is 45.5 Å². The molecule has 1 aromatic heterocycles. The third kappa shape index (κ3) is 3.25. The Labute approximate surface area is 94.2 Å². The second-order valence-electron chi connectivity index (χ2n) is 3.63. The molecule has 1 rings (SSSR count). The average molecular weight is 231 g/mol. The molecule has 0 aliphatic rings. The smallest absolute Gasteiger partial charge is 0.256 e. The molecule has 5 heteroatoms. The van der Waals surface area contributed by atoms with Crippen molar-refractivity contribution in [3.05, 3.63) is 23.1 Å². The Morgan fingerprint density at radius 1 is 1.67 bits per heavy atom. The Bertz CT molecular complexity index is 336. The van der Waals surface area contributed by atoms with E-state index in [0.29, 0.717) is 12.1 Å². The minimum atomic E-state index is -0.206. The van der Waals surface area contributed by atoms with Crippen molar-refractivity contribution in [3.8, 4) is 0 Å². The molecule has 0 bridgehead atoms. The van der Waals surface area contributed by atoms with Crippen LogP contribution in [0.25, 0.3) is 0 Å². The maximum atomic E-state index is 11.6. The van der Waals surface area contributed by atoms with Gasteiger partial charge in [-0.15, -0.1) is 0 Å². The normalized spacial score (nSPS) is 12.9. The lowest BCUT2D eigenvalue weighted by molar-refractivity contribution is 0.0943. The van der Waals surface area contributed by atoms with Gasteiger partial charge >= 0.3 is 0 Å². The van der Waals surface area contributed by atoms with E-state index >= 15 is 0 Å². The van der Waals surface area contributed by atoms with Gasteiger partial charge in [-0.1, -0.05) is 0 Å². The summed E-state index contributed by atoms with van der Waals surface area (Å²) in [5, 5.41) is 2.91. The third-order valence-corrected chi connectivity index (χ3v) is 2.59. The molecule has 0 spiro atoms. The Balaban J connectivity index is 2.47. The molecule has 1 atom stereocenters. The lowest BCUT2D eigenvalue weighted by Gasteiger charge is -2.19. The fourth-order valence-electron chi connectivity index (χ4n) is 0.974. The standard InChI is InChI=1S/C10H15ClN2O2/c1-7(13(2)3)6-12-10(14)8-4-5-15-9(8)11/h4-5,7H,6H2,1-3H3,(H,12,14). The van der Waals surface area contributed by atoms with Crippen LogP contribution in [-0.4, -0.2) is 37.5 Å². The number of hydrogen-bond acceptors (Lipinski definition) is 3. The first-order valence-corrected chi connectivity index (χ1v) is 5.07. The highest BCUT2D eigenvalue weighted by Gasteiger charge is 2.13. The molecule has 1 aromatic rings. The molecule has 0 fully saturated rings. The number of rotatable bonds is 4. The van der Waals surface area contributed by atoms with Crippen LogP contribution >= 0.6 is 11.6 Å². The Morgan fingerprint density at radius 2 is 2.33 bits per heavy atom. The van der Waals surface area contributed by atoms with Crippen molar-refractivity contribution in [1.29, 1.82) is 0 Å². The van der Waals surface area contributed by atoms with Crippen LogP contribution in [0, 0.1) is 0 Å². The highest BCUT2D eigenvalue weighted by molar-refractivity contribution is 6.32. The minimum Gasteiger partial charge on any atom is -0.452 e. The summed E-state index contributed by atoms with van der Waals surface area (Å²) in [6.07, 6.45) is 1.40. The molecule has 1 heterocycles. The second kappa shape index (κ2) is 5.19. The number of carbonyl (C=O) groups is 1. The van der Waals surface area contributed by atoms with Gasteiger partial charge in [-0.2, -0.15) is 0 Å². The summed E-state index contributed by atoms with van der Waals surface area (Å²) < 4.78 is 4.83. The van der Waals surface area contributed by atoms with Crippen molar-refractivity contribution in [2.24, 2.45) is 0 Å². The highest BCUT2D eigenvalue weighted by Crippen LogP contribution is 2.15. The molecule has 1 N–H and O–H groups in total. The number of furan rings is 1. The monoisotopic (exact) mass is 230 g/mol. The van der Waals surface area contributed by atoms with Gasteiger partial charge in [0.15, 0.2) is 0 Å². The van der Waals surface area contributed by atoms with E-state index in [-0.39, 0.29) is 17.2 Å². The van der Waals surface area contributed by atoms with Crippen LogP contribution in [0.15, 0.2) is 16.7 Å². The molecule has 1 unspecified atom stereocenters. The van der Waals surface area contributed by atoms with Gasteiger partial charge in [0.1, 0.15) is 0 Å². The number of nitrogens with zero attached hydrogens (tertiary/aromatic N) is 1. The van der Waals surface area contributed by atoms with E-state index in [0.717, 1.165) is 0 Å². The molecule has 84 valence electrons. The van der Waals surface area contributed by atoms with Crippen molar-refractivity contribution in [1.82, 2.24) is 10.2 Å². The summed E-state index contributed by atoms with van der Waals surface area (Å²) in [5.41, 5.74) is 0.377. The van der Waals surface area contributed by atoms with Crippen LogP contribution in [0.5, 0.6) is 0 Å². The van der Waals surface area contributed by atoms with E-state index in [4.69, 9.17) is 16.0 Å². The number of nitrogens with one attached hydrogen (secondary N) is 1. The van der Waals surface area contributed by atoms with Gasteiger partial charge < -0.3 is 14.6 Å². The van der Waals surface area contributed by atoms with Crippen LogP contribution in [-0.2, 0) is 0 Å². The molecule has 0 saturated heterocycles. The molecule has 0 saturated carbocycles. The summed E-state index contributed by atoms with van der Waals surface area (Å²) in [6.45, 7) is 2.60. The quantitative estimate of drug-likeness (QED) is 0.855. The van der Waals surface area contributed by atoms with Crippen molar-refractivity contribution >= 4 is 17.5 Å². The zero-order valence-electron chi connectivity index (χ0n) is 9.08. The molecule has 4 nitrogen and oxygen atoms in total. The Hall–Kier alpha value is -1.00. The van der Waals surface area contributed by atoms with Crippen molar-refractivity contribution in [3.63, 3.8) is 0 Å². The number of hydrogen-bond donors (Lipinski definition) is 1. The van der Waals surface area contributed by atoms with E-state index in [1.54, 1.807) is 6.07 Å². The van der Waals surface area contributed by atoms with Crippen LogP contribution in [0.2, 0.25) is 5.22 Å². The van der Waals surface area contributed by atoms with Crippen LogP contribution in [0.3, 0.4) is 0 Å². The first kappa shape index (κ1) is 12.1.